The third kappa shape index (κ3) is 5.86. The Labute approximate surface area is 330 Å². The van der Waals surface area contributed by atoms with Gasteiger partial charge in [0.1, 0.15) is 6.33 Å². The molecular weight excluding hydrogens is 687 g/mol. The van der Waals surface area contributed by atoms with E-state index in [2.05, 4.69) is 105 Å². The number of rotatable bonds is 9. The largest absolute Gasteiger partial charge is 0.481 e. The SMILES string of the molecule is CC(C)[C@@H](C)[C@@]1(C)CC[C@]2(C)[C@H]3CC[C@@H]4[C@@]5(COC[C@@]4(C)[C@@H](OC[C@](C)(N)C(C)(C)C)[C@H](n4ncnc4-c4cccc(CN)c4)C5)C3=CC[C@@]2(C)[C@@H]1C(=O)O. The number of ether oxygens (including phenoxy) is 2. The molecule has 12 atom stereocenters. The highest BCUT2D eigenvalue weighted by Gasteiger charge is 2.72. The van der Waals surface area contributed by atoms with Gasteiger partial charge in [0.05, 0.1) is 37.9 Å². The number of carbonyl (C=O) groups is 1. The first-order valence-corrected chi connectivity index (χ1v) is 21.2. The van der Waals surface area contributed by atoms with E-state index in [-0.39, 0.29) is 50.6 Å². The minimum Gasteiger partial charge on any atom is -0.481 e. The monoisotopic (exact) mass is 758 g/mol. The highest BCUT2D eigenvalue weighted by Crippen LogP contribution is 2.75. The van der Waals surface area contributed by atoms with Gasteiger partial charge in [-0.3, -0.25) is 4.79 Å². The van der Waals surface area contributed by atoms with Crippen molar-refractivity contribution in [3.05, 3.63) is 47.8 Å². The average molecular weight is 758 g/mol. The number of nitrogens with two attached hydrogens (primary N) is 2. The fourth-order valence-corrected chi connectivity index (χ4v) is 13.1. The van der Waals surface area contributed by atoms with Crippen molar-refractivity contribution < 1.29 is 19.4 Å². The Morgan fingerprint density at radius 3 is 2.45 bits per heavy atom. The highest BCUT2D eigenvalue weighted by atomic mass is 16.5. The van der Waals surface area contributed by atoms with Crippen LogP contribution in [0.2, 0.25) is 0 Å². The van der Waals surface area contributed by atoms with Crippen LogP contribution in [-0.2, 0) is 20.8 Å². The van der Waals surface area contributed by atoms with Gasteiger partial charge in [0.15, 0.2) is 5.82 Å². The van der Waals surface area contributed by atoms with Gasteiger partial charge in [-0.15, -0.1) is 0 Å². The van der Waals surface area contributed by atoms with Gasteiger partial charge in [-0.2, -0.15) is 5.10 Å². The fourth-order valence-electron chi connectivity index (χ4n) is 13.1. The van der Waals surface area contributed by atoms with Gasteiger partial charge in [-0.05, 0) is 102 Å². The second-order valence-electron chi connectivity index (χ2n) is 21.4. The molecule has 2 heterocycles. The quantitative estimate of drug-likeness (QED) is 0.216. The molecule has 0 unspecified atom stereocenters. The minimum absolute atomic E-state index is 0.131. The fraction of sp³-hybridized carbons (Fsp3) is 0.761. The smallest absolute Gasteiger partial charge is 0.307 e. The summed E-state index contributed by atoms with van der Waals surface area (Å²) in [6.45, 7) is 27.0. The molecule has 0 amide bonds. The summed E-state index contributed by atoms with van der Waals surface area (Å²) in [4.78, 5) is 18.5. The predicted octanol–water partition coefficient (Wildman–Crippen LogP) is 8.68. The molecule has 5 aliphatic rings. The van der Waals surface area contributed by atoms with Crippen molar-refractivity contribution in [1.82, 2.24) is 14.8 Å². The maximum atomic E-state index is 13.6. The number of nitrogens with zero attached hydrogens (tertiary/aromatic N) is 3. The Bertz CT molecular complexity index is 1810. The first-order chi connectivity index (χ1) is 25.6. The van der Waals surface area contributed by atoms with Crippen molar-refractivity contribution in [2.45, 2.75) is 139 Å². The van der Waals surface area contributed by atoms with E-state index < -0.39 is 17.4 Å². The summed E-state index contributed by atoms with van der Waals surface area (Å²) in [7, 11) is 0. The van der Waals surface area contributed by atoms with E-state index in [1.165, 1.54) is 5.57 Å². The number of allylic oxidation sites excluding steroid dienone is 1. The van der Waals surface area contributed by atoms with Crippen LogP contribution in [-0.4, -0.2) is 57.3 Å². The van der Waals surface area contributed by atoms with Crippen LogP contribution < -0.4 is 11.5 Å². The van der Waals surface area contributed by atoms with E-state index in [0.717, 1.165) is 55.5 Å². The molecule has 1 aromatic carbocycles. The summed E-state index contributed by atoms with van der Waals surface area (Å²) in [5.74, 6) is 1.09. The lowest BCUT2D eigenvalue weighted by atomic mass is 9.34. The lowest BCUT2D eigenvalue weighted by Gasteiger charge is -2.71. The molecule has 2 aromatic rings. The standard InChI is InChI=1S/C46H71N5O4/c1-28(2)29(3)41(7)19-20-43(9)32-15-16-35-42(8)24-54-26-46(35,33(32)17-18-44(43,10)36(41)39(52)53)22-34(37(42)55-25-45(11,48)40(4,5)6)51-38(49-27-50-51)31-14-12-13-30(21-31)23-47/h12-14,17,21,27-29,32,34-37H,15-16,18-20,22-26,47-48H2,1-11H3,(H,52,53)/t29-,32+,34-,35+,36-,37+,41-,42-,43-,44+,45+,46+/m1/s1. The number of aliphatic carboxylic acids is 1. The average Bonchev–Trinajstić information content (AvgIpc) is 3.60. The zero-order valence-electron chi connectivity index (χ0n) is 35.7. The van der Waals surface area contributed by atoms with Crippen molar-refractivity contribution >= 4 is 5.97 Å². The number of carboxylic acid groups (broad SMARTS) is 1. The third-order valence-corrected chi connectivity index (χ3v) is 17.7. The molecule has 4 fully saturated rings. The molecule has 0 radical (unpaired) electrons. The molecule has 3 saturated carbocycles. The number of carboxylic acids is 1. The van der Waals surface area contributed by atoms with Crippen LogP contribution in [0.15, 0.2) is 42.2 Å². The van der Waals surface area contributed by atoms with E-state index in [9.17, 15) is 9.90 Å². The van der Waals surface area contributed by atoms with Crippen LogP contribution in [0.5, 0.6) is 0 Å². The number of fused-ring (bicyclic) bond motifs is 3. The Morgan fingerprint density at radius 1 is 1.07 bits per heavy atom. The first-order valence-electron chi connectivity index (χ1n) is 21.2. The normalized spacial score (nSPS) is 40.3. The van der Waals surface area contributed by atoms with Gasteiger partial charge in [0.2, 0.25) is 0 Å². The topological polar surface area (TPSA) is 139 Å². The van der Waals surface area contributed by atoms with E-state index in [0.29, 0.717) is 44.1 Å². The van der Waals surface area contributed by atoms with Gasteiger partial charge in [-0.1, -0.05) is 99.1 Å². The van der Waals surface area contributed by atoms with Gasteiger partial charge < -0.3 is 26.0 Å². The summed E-state index contributed by atoms with van der Waals surface area (Å²) < 4.78 is 16.2. The molecule has 9 nitrogen and oxygen atoms in total. The van der Waals surface area contributed by atoms with Gasteiger partial charge in [0, 0.05) is 28.5 Å². The van der Waals surface area contributed by atoms with Crippen molar-refractivity contribution in [3.63, 3.8) is 0 Å². The molecule has 55 heavy (non-hydrogen) atoms. The number of hydrogen-bond acceptors (Lipinski definition) is 7. The van der Waals surface area contributed by atoms with Gasteiger partial charge in [-0.25, -0.2) is 9.67 Å². The molecule has 0 spiro atoms. The van der Waals surface area contributed by atoms with Crippen LogP contribution in [0, 0.1) is 62.1 Å². The van der Waals surface area contributed by atoms with Crippen LogP contribution in [0.25, 0.3) is 11.4 Å². The molecule has 304 valence electrons. The molecule has 5 N–H and O–H groups in total. The Hall–Kier alpha value is -2.59. The van der Waals surface area contributed by atoms with Crippen LogP contribution in [0.1, 0.15) is 126 Å². The molecule has 1 aromatic heterocycles. The molecule has 1 saturated heterocycles. The maximum absolute atomic E-state index is 13.6. The summed E-state index contributed by atoms with van der Waals surface area (Å²) in [6.07, 6.45) is 9.62. The highest BCUT2D eigenvalue weighted by molar-refractivity contribution is 5.73. The lowest BCUT2D eigenvalue weighted by Crippen LogP contribution is -2.69. The van der Waals surface area contributed by atoms with Crippen molar-refractivity contribution in [2.24, 2.45) is 73.5 Å². The van der Waals surface area contributed by atoms with E-state index in [4.69, 9.17) is 31.0 Å². The molecule has 9 heteroatoms. The predicted molar refractivity (Wildman–Crippen MR) is 218 cm³/mol. The van der Waals surface area contributed by atoms with Crippen LogP contribution in [0.4, 0.5) is 0 Å². The second-order valence-corrected chi connectivity index (χ2v) is 21.4. The van der Waals surface area contributed by atoms with Gasteiger partial charge in [0.25, 0.3) is 0 Å². The van der Waals surface area contributed by atoms with E-state index >= 15 is 0 Å². The zero-order valence-corrected chi connectivity index (χ0v) is 35.7. The van der Waals surface area contributed by atoms with Crippen molar-refractivity contribution in [2.75, 3.05) is 19.8 Å². The van der Waals surface area contributed by atoms with Crippen LogP contribution in [0.3, 0.4) is 0 Å². The Morgan fingerprint density at radius 2 is 1.80 bits per heavy atom. The molecule has 2 bridgehead atoms. The van der Waals surface area contributed by atoms with Crippen molar-refractivity contribution in [3.8, 4) is 11.4 Å². The summed E-state index contributed by atoms with van der Waals surface area (Å²) >= 11 is 0. The van der Waals surface area contributed by atoms with Crippen molar-refractivity contribution in [1.29, 1.82) is 0 Å². The van der Waals surface area contributed by atoms with E-state index in [1.54, 1.807) is 6.33 Å². The minimum atomic E-state index is -0.627. The van der Waals surface area contributed by atoms with Crippen LogP contribution >= 0.6 is 0 Å². The zero-order chi connectivity index (χ0) is 40.1. The summed E-state index contributed by atoms with van der Waals surface area (Å²) in [5, 5.41) is 16.2. The second kappa shape index (κ2) is 13.5. The molecular formula is C46H71N5O4. The summed E-state index contributed by atoms with van der Waals surface area (Å²) in [5.41, 5.74) is 14.6. The number of benzene rings is 1. The molecule has 4 aliphatic carbocycles. The lowest BCUT2D eigenvalue weighted by molar-refractivity contribution is -0.253. The first kappa shape index (κ1) is 40.6. The third-order valence-electron chi connectivity index (χ3n) is 17.7. The van der Waals surface area contributed by atoms with Gasteiger partial charge >= 0.3 is 5.97 Å². The number of hydrogen-bond donors (Lipinski definition) is 3. The Kier molecular flexibility index (Phi) is 9.96. The maximum Gasteiger partial charge on any atom is 0.307 e. The van der Waals surface area contributed by atoms with E-state index in [1.807, 2.05) is 6.07 Å². The Balaban J connectivity index is 1.36. The molecule has 1 aliphatic heterocycles. The summed E-state index contributed by atoms with van der Waals surface area (Å²) in [6, 6.07) is 8.19. The number of aromatic nitrogens is 3. The molecule has 7 rings (SSSR count).